The summed E-state index contributed by atoms with van der Waals surface area (Å²) in [5.41, 5.74) is 5.30. The number of hydrogen-bond donors (Lipinski definition) is 2. The molecule has 1 rings (SSSR count). The minimum Gasteiger partial charge on any atom is -0.480 e. The van der Waals surface area contributed by atoms with Gasteiger partial charge in [0.2, 0.25) is 0 Å². The lowest BCUT2D eigenvalue weighted by Gasteiger charge is -2.00. The average Bonchev–Trinajstić information content (AvgIpc) is 2.35. The highest BCUT2D eigenvalue weighted by atomic mass is 32.1. The van der Waals surface area contributed by atoms with E-state index in [1.165, 1.54) is 11.3 Å². The normalized spacial score (nSPS) is 12.8. The molecule has 0 aliphatic heterocycles. The van der Waals surface area contributed by atoms with Crippen molar-refractivity contribution in [3.8, 4) is 0 Å². The zero-order valence-corrected chi connectivity index (χ0v) is 7.34. The van der Waals surface area contributed by atoms with Gasteiger partial charge in [-0.3, -0.25) is 4.79 Å². The van der Waals surface area contributed by atoms with Gasteiger partial charge in [-0.25, -0.2) is 0 Å². The molecule has 0 bridgehead atoms. The van der Waals surface area contributed by atoms with Crippen LogP contribution < -0.4 is 5.73 Å². The van der Waals surface area contributed by atoms with E-state index in [1.54, 1.807) is 0 Å². The largest absolute Gasteiger partial charge is 0.480 e. The number of aryl methyl sites for hydroxylation is 1. The molecule has 0 fully saturated rings. The molecule has 0 spiro atoms. The Kier molecular flexibility index (Phi) is 2.72. The van der Waals surface area contributed by atoms with E-state index in [0.29, 0.717) is 5.01 Å². The maximum absolute atomic E-state index is 10.3. The van der Waals surface area contributed by atoms with Gasteiger partial charge in [-0.15, -0.1) is 21.5 Å². The van der Waals surface area contributed by atoms with Crippen molar-refractivity contribution in [2.24, 2.45) is 5.73 Å². The third kappa shape index (κ3) is 2.24. The van der Waals surface area contributed by atoms with Crippen LogP contribution in [0.25, 0.3) is 0 Å². The van der Waals surface area contributed by atoms with Gasteiger partial charge in [0.05, 0.1) is 0 Å². The lowest BCUT2D eigenvalue weighted by molar-refractivity contribution is -0.138. The van der Waals surface area contributed by atoms with Gasteiger partial charge in [0.1, 0.15) is 16.1 Å². The molecule has 0 amide bonds. The summed E-state index contributed by atoms with van der Waals surface area (Å²) < 4.78 is 0. The second-order valence-electron chi connectivity index (χ2n) is 2.36. The fourth-order valence-corrected chi connectivity index (χ4v) is 1.46. The molecule has 1 aromatic rings. The van der Waals surface area contributed by atoms with Gasteiger partial charge in [0.15, 0.2) is 0 Å². The van der Waals surface area contributed by atoms with E-state index in [-0.39, 0.29) is 6.42 Å². The zero-order valence-electron chi connectivity index (χ0n) is 6.52. The molecule has 12 heavy (non-hydrogen) atoms. The third-order valence-corrected chi connectivity index (χ3v) is 2.14. The summed E-state index contributed by atoms with van der Waals surface area (Å²) in [5, 5.41) is 17.5. The Bertz CT molecular complexity index is 286. The first-order chi connectivity index (χ1) is 5.59. The summed E-state index contributed by atoms with van der Waals surface area (Å²) in [5.74, 6) is -1.01. The summed E-state index contributed by atoms with van der Waals surface area (Å²) in [6, 6.07) is -0.877. The van der Waals surface area contributed by atoms with Crippen LogP contribution in [0.3, 0.4) is 0 Å². The number of carboxylic acid groups (broad SMARTS) is 1. The van der Waals surface area contributed by atoms with Crippen LogP contribution in [0.15, 0.2) is 0 Å². The molecule has 66 valence electrons. The van der Waals surface area contributed by atoms with Gasteiger partial charge in [-0.2, -0.15) is 0 Å². The Morgan fingerprint density at radius 2 is 2.42 bits per heavy atom. The van der Waals surface area contributed by atoms with Gasteiger partial charge in [-0.1, -0.05) is 0 Å². The Morgan fingerprint density at radius 1 is 1.75 bits per heavy atom. The molecule has 6 heteroatoms. The van der Waals surface area contributed by atoms with Crippen LogP contribution in [0.4, 0.5) is 0 Å². The van der Waals surface area contributed by atoms with Gasteiger partial charge >= 0.3 is 5.97 Å². The van der Waals surface area contributed by atoms with Gasteiger partial charge in [0.25, 0.3) is 0 Å². The van der Waals surface area contributed by atoms with Crippen molar-refractivity contribution in [1.82, 2.24) is 10.2 Å². The predicted octanol–water partition coefficient (Wildman–Crippen LogP) is -0.199. The minimum absolute atomic E-state index is 0.251. The highest BCUT2D eigenvalue weighted by molar-refractivity contribution is 7.11. The van der Waals surface area contributed by atoms with Gasteiger partial charge < -0.3 is 10.8 Å². The monoisotopic (exact) mass is 187 g/mol. The smallest absolute Gasteiger partial charge is 0.320 e. The molecule has 0 aliphatic rings. The van der Waals surface area contributed by atoms with E-state index in [1.807, 2.05) is 6.92 Å². The fourth-order valence-electron chi connectivity index (χ4n) is 0.695. The molecule has 1 atom stereocenters. The van der Waals surface area contributed by atoms with Crippen LogP contribution in [0.5, 0.6) is 0 Å². The van der Waals surface area contributed by atoms with Crippen LogP contribution in [0.1, 0.15) is 10.0 Å². The first-order valence-corrected chi connectivity index (χ1v) is 4.18. The van der Waals surface area contributed by atoms with Gasteiger partial charge in [0, 0.05) is 6.42 Å². The third-order valence-electron chi connectivity index (χ3n) is 1.28. The standard InChI is InChI=1S/C6H9N3O2S/c1-3-8-9-5(12-3)2-4(7)6(10)11/h4H,2,7H2,1H3,(H,10,11)/t4-/m1/s1. The maximum Gasteiger partial charge on any atom is 0.320 e. The van der Waals surface area contributed by atoms with Crippen molar-refractivity contribution < 1.29 is 9.90 Å². The van der Waals surface area contributed by atoms with Crippen molar-refractivity contribution in [1.29, 1.82) is 0 Å². The van der Waals surface area contributed by atoms with Crippen molar-refractivity contribution >= 4 is 17.3 Å². The summed E-state index contributed by atoms with van der Waals surface area (Å²) in [6.07, 6.45) is 0.251. The predicted molar refractivity (Wildman–Crippen MR) is 44.0 cm³/mol. The van der Waals surface area contributed by atoms with E-state index in [4.69, 9.17) is 10.8 Å². The van der Waals surface area contributed by atoms with Crippen molar-refractivity contribution in [2.45, 2.75) is 19.4 Å². The molecule has 0 aromatic carbocycles. The summed E-state index contributed by atoms with van der Waals surface area (Å²) >= 11 is 1.37. The lowest BCUT2D eigenvalue weighted by Crippen LogP contribution is -2.32. The van der Waals surface area contributed by atoms with Crippen molar-refractivity contribution in [2.75, 3.05) is 0 Å². The fraction of sp³-hybridized carbons (Fsp3) is 0.500. The SMILES string of the molecule is Cc1nnc(C[C@@H](N)C(=O)O)s1. The molecule has 1 aromatic heterocycles. The molecule has 0 unspecified atom stereocenters. The van der Waals surface area contributed by atoms with Gasteiger partial charge in [-0.05, 0) is 6.92 Å². The highest BCUT2D eigenvalue weighted by Gasteiger charge is 2.14. The second kappa shape index (κ2) is 3.59. The number of carboxylic acids is 1. The number of hydrogen-bond acceptors (Lipinski definition) is 5. The first kappa shape index (κ1) is 9.08. The van der Waals surface area contributed by atoms with Crippen LogP contribution in [0, 0.1) is 6.92 Å². The molecular weight excluding hydrogens is 178 g/mol. The summed E-state index contributed by atoms with van der Waals surface area (Å²) in [4.78, 5) is 10.3. The molecule has 0 saturated carbocycles. The van der Waals surface area contributed by atoms with Crippen LogP contribution in [0.2, 0.25) is 0 Å². The summed E-state index contributed by atoms with van der Waals surface area (Å²) in [7, 11) is 0. The van der Waals surface area contributed by atoms with E-state index in [9.17, 15) is 4.79 Å². The zero-order chi connectivity index (χ0) is 9.14. The maximum atomic E-state index is 10.3. The van der Waals surface area contributed by atoms with E-state index in [2.05, 4.69) is 10.2 Å². The van der Waals surface area contributed by atoms with Crippen LogP contribution in [-0.2, 0) is 11.2 Å². The van der Waals surface area contributed by atoms with Crippen LogP contribution in [-0.4, -0.2) is 27.3 Å². The molecule has 0 aliphatic carbocycles. The summed E-state index contributed by atoms with van der Waals surface area (Å²) in [6.45, 7) is 1.81. The Balaban J connectivity index is 2.58. The molecule has 0 saturated heterocycles. The topological polar surface area (TPSA) is 89.1 Å². The van der Waals surface area contributed by atoms with Crippen molar-refractivity contribution in [3.63, 3.8) is 0 Å². The van der Waals surface area contributed by atoms with E-state index < -0.39 is 12.0 Å². The Labute approximate surface area is 73.2 Å². The number of nitrogens with two attached hydrogens (primary N) is 1. The number of aromatic nitrogens is 2. The number of nitrogens with zero attached hydrogens (tertiary/aromatic N) is 2. The van der Waals surface area contributed by atoms with Crippen molar-refractivity contribution in [3.05, 3.63) is 10.0 Å². The second-order valence-corrected chi connectivity index (χ2v) is 3.63. The van der Waals surface area contributed by atoms with E-state index in [0.717, 1.165) is 5.01 Å². The molecule has 1 heterocycles. The number of aliphatic carboxylic acids is 1. The number of rotatable bonds is 3. The Hall–Kier alpha value is -1.01. The molecule has 0 radical (unpaired) electrons. The number of carbonyl (C=O) groups is 1. The van der Waals surface area contributed by atoms with Crippen LogP contribution >= 0.6 is 11.3 Å². The Morgan fingerprint density at radius 3 is 2.83 bits per heavy atom. The molecule has 5 nitrogen and oxygen atoms in total. The average molecular weight is 187 g/mol. The highest BCUT2D eigenvalue weighted by Crippen LogP contribution is 2.09. The first-order valence-electron chi connectivity index (χ1n) is 3.37. The lowest BCUT2D eigenvalue weighted by atomic mass is 10.2. The quantitative estimate of drug-likeness (QED) is 0.684. The van der Waals surface area contributed by atoms with E-state index >= 15 is 0 Å². The molecule has 3 N–H and O–H groups in total. The molecular formula is C6H9N3O2S. The minimum atomic E-state index is -1.01.